The number of nitrogens with zero attached hydrogens (tertiary/aromatic N) is 1. The lowest BCUT2D eigenvalue weighted by Gasteiger charge is -2.40. The molecule has 0 radical (unpaired) electrons. The lowest BCUT2D eigenvalue weighted by Crippen LogP contribution is -2.38. The molecule has 2 atom stereocenters. The first-order chi connectivity index (χ1) is 18.3. The van der Waals surface area contributed by atoms with E-state index in [0.717, 1.165) is 52.9 Å². The summed E-state index contributed by atoms with van der Waals surface area (Å²) in [6.45, 7) is 0.714. The van der Waals surface area contributed by atoms with Crippen LogP contribution in [0.5, 0.6) is 5.75 Å². The summed E-state index contributed by atoms with van der Waals surface area (Å²) in [5.41, 5.74) is 1.64. The smallest absolute Gasteiger partial charge is 0.137 e. The molecule has 0 unspecified atom stereocenters. The third kappa shape index (κ3) is 5.01. The molecule has 1 N–H and O–H groups in total. The lowest BCUT2D eigenvalue weighted by atomic mass is 9.70. The van der Waals surface area contributed by atoms with Gasteiger partial charge in [-0.3, -0.25) is 0 Å². The largest absolute Gasteiger partial charge is 0.495 e. The first-order valence-corrected chi connectivity index (χ1v) is 14.3. The summed E-state index contributed by atoms with van der Waals surface area (Å²) in [7, 11) is 5.80. The molecule has 0 fully saturated rings. The van der Waals surface area contributed by atoms with Gasteiger partial charge < -0.3 is 14.7 Å². The van der Waals surface area contributed by atoms with Crippen molar-refractivity contribution in [1.29, 1.82) is 0 Å². The summed E-state index contributed by atoms with van der Waals surface area (Å²) >= 11 is 7.49. The quantitative estimate of drug-likeness (QED) is 0.186. The molecule has 0 bridgehead atoms. The van der Waals surface area contributed by atoms with Crippen molar-refractivity contribution >= 4 is 53.4 Å². The second kappa shape index (κ2) is 11.2. The number of fused-ring (bicyclic) bond motifs is 2. The van der Waals surface area contributed by atoms with E-state index in [1.807, 2.05) is 56.6 Å². The Morgan fingerprint density at radius 1 is 0.816 bits per heavy atom. The molecule has 0 aliphatic rings. The van der Waals surface area contributed by atoms with E-state index in [1.165, 1.54) is 0 Å². The van der Waals surface area contributed by atoms with Crippen LogP contribution in [0.15, 0.2) is 106 Å². The number of halogens is 2. The van der Waals surface area contributed by atoms with Gasteiger partial charge in [-0.25, -0.2) is 0 Å². The molecule has 0 aliphatic carbocycles. The van der Waals surface area contributed by atoms with Crippen molar-refractivity contribution in [1.82, 2.24) is 4.90 Å². The number of rotatable bonds is 8. The zero-order chi connectivity index (χ0) is 26.9. The molecule has 3 nitrogen and oxygen atoms in total. The molecular formula is C33H31Br2NO2. The first kappa shape index (κ1) is 26.9. The van der Waals surface area contributed by atoms with Crippen molar-refractivity contribution in [2.24, 2.45) is 0 Å². The summed E-state index contributed by atoms with van der Waals surface area (Å²) in [6, 6.07) is 33.2. The molecule has 5 aromatic rings. The molecule has 194 valence electrons. The van der Waals surface area contributed by atoms with Gasteiger partial charge in [0.05, 0.1) is 11.6 Å². The van der Waals surface area contributed by atoms with Gasteiger partial charge >= 0.3 is 0 Å². The van der Waals surface area contributed by atoms with E-state index in [0.29, 0.717) is 13.0 Å². The standard InChI is InChI=1S/C33H31Br2NO2/c1-36(2)19-18-33(37,29-15-9-13-22-10-7-8-14-26(22)29)30(23-11-5-4-6-12-23)28-21-24-20-25(34)16-17-27(24)31(35)32(28)38-3/h4-17,20-21,30,37H,18-19H2,1-3H3/t30-,33-/m1/s1. The Kier molecular flexibility index (Phi) is 7.92. The zero-order valence-electron chi connectivity index (χ0n) is 21.8. The average Bonchev–Trinajstić information content (AvgIpc) is 2.92. The van der Waals surface area contributed by atoms with Crippen LogP contribution >= 0.6 is 31.9 Å². The summed E-state index contributed by atoms with van der Waals surface area (Å²) in [6.07, 6.45) is 0.533. The first-order valence-electron chi connectivity index (χ1n) is 12.7. The van der Waals surface area contributed by atoms with Gasteiger partial charge in [0.1, 0.15) is 11.4 Å². The van der Waals surface area contributed by atoms with Crippen molar-refractivity contribution in [2.45, 2.75) is 17.9 Å². The number of hydrogen-bond acceptors (Lipinski definition) is 3. The highest BCUT2D eigenvalue weighted by Crippen LogP contribution is 2.51. The van der Waals surface area contributed by atoms with Gasteiger partial charge in [-0.1, -0.05) is 94.8 Å². The molecule has 0 saturated carbocycles. The molecule has 0 amide bonds. The van der Waals surface area contributed by atoms with Crippen LogP contribution in [0.1, 0.15) is 29.0 Å². The summed E-state index contributed by atoms with van der Waals surface area (Å²) in [4.78, 5) is 2.13. The maximum Gasteiger partial charge on any atom is 0.137 e. The van der Waals surface area contributed by atoms with Crippen molar-refractivity contribution in [3.05, 3.63) is 123 Å². The van der Waals surface area contributed by atoms with Crippen molar-refractivity contribution in [3.63, 3.8) is 0 Å². The highest BCUT2D eigenvalue weighted by molar-refractivity contribution is 9.11. The minimum Gasteiger partial charge on any atom is -0.495 e. The topological polar surface area (TPSA) is 32.7 Å². The van der Waals surface area contributed by atoms with E-state index in [-0.39, 0.29) is 0 Å². The van der Waals surface area contributed by atoms with Crippen molar-refractivity contribution < 1.29 is 9.84 Å². The summed E-state index contributed by atoms with van der Waals surface area (Å²) < 4.78 is 7.97. The Hall–Kier alpha value is -2.70. The summed E-state index contributed by atoms with van der Waals surface area (Å²) in [5, 5.41) is 17.4. The van der Waals surface area contributed by atoms with Crippen LogP contribution in [0.3, 0.4) is 0 Å². The van der Waals surface area contributed by atoms with Gasteiger partial charge in [-0.2, -0.15) is 0 Å². The molecule has 0 aliphatic heterocycles. The minimum absolute atomic E-state index is 0.399. The van der Waals surface area contributed by atoms with Crippen LogP contribution in [-0.4, -0.2) is 37.8 Å². The zero-order valence-corrected chi connectivity index (χ0v) is 25.0. The molecular weight excluding hydrogens is 602 g/mol. The third-order valence-corrected chi connectivity index (χ3v) is 8.62. The Bertz CT molecular complexity index is 1580. The Labute approximate surface area is 241 Å². The minimum atomic E-state index is -1.24. The molecule has 38 heavy (non-hydrogen) atoms. The van der Waals surface area contributed by atoms with E-state index < -0.39 is 11.5 Å². The Morgan fingerprint density at radius 3 is 2.26 bits per heavy atom. The second-order valence-corrected chi connectivity index (χ2v) is 11.7. The molecule has 5 heteroatoms. The number of ether oxygens (including phenoxy) is 1. The second-order valence-electron chi connectivity index (χ2n) is 10.0. The fraction of sp³-hybridized carbons (Fsp3) is 0.212. The van der Waals surface area contributed by atoms with Crippen LogP contribution in [0.2, 0.25) is 0 Å². The number of hydrogen-bond donors (Lipinski definition) is 1. The van der Waals surface area contributed by atoms with Crippen LogP contribution in [-0.2, 0) is 5.60 Å². The van der Waals surface area contributed by atoms with Crippen LogP contribution in [0.4, 0.5) is 0 Å². The Morgan fingerprint density at radius 2 is 1.53 bits per heavy atom. The monoisotopic (exact) mass is 631 g/mol. The molecule has 5 rings (SSSR count). The highest BCUT2D eigenvalue weighted by atomic mass is 79.9. The van der Waals surface area contributed by atoms with E-state index in [2.05, 4.69) is 91.4 Å². The normalized spacial score (nSPS) is 14.1. The van der Waals surface area contributed by atoms with Gasteiger partial charge in [-0.15, -0.1) is 0 Å². The van der Waals surface area contributed by atoms with Crippen LogP contribution in [0.25, 0.3) is 21.5 Å². The maximum absolute atomic E-state index is 13.1. The van der Waals surface area contributed by atoms with E-state index in [9.17, 15) is 5.11 Å². The van der Waals surface area contributed by atoms with Gasteiger partial charge in [0.25, 0.3) is 0 Å². The Balaban J connectivity index is 1.87. The number of methoxy groups -OCH3 is 1. The van der Waals surface area contributed by atoms with Gasteiger partial charge in [-0.05, 0) is 87.3 Å². The van der Waals surface area contributed by atoms with Gasteiger partial charge in [0.15, 0.2) is 0 Å². The fourth-order valence-electron chi connectivity index (χ4n) is 5.55. The third-order valence-electron chi connectivity index (χ3n) is 7.34. The van der Waals surface area contributed by atoms with Crippen LogP contribution < -0.4 is 4.74 Å². The van der Waals surface area contributed by atoms with Crippen LogP contribution in [0, 0.1) is 0 Å². The molecule has 5 aromatic carbocycles. The van der Waals surface area contributed by atoms with Gasteiger partial charge in [0.2, 0.25) is 0 Å². The SMILES string of the molecule is COc1c([C@@H](c2ccccc2)[C@@](O)(CCN(C)C)c2cccc3ccccc23)cc2cc(Br)ccc2c1Br. The van der Waals surface area contributed by atoms with E-state index in [4.69, 9.17) is 4.74 Å². The number of aliphatic hydroxyl groups is 1. The lowest BCUT2D eigenvalue weighted by molar-refractivity contribution is 0.00532. The number of benzene rings is 5. The van der Waals surface area contributed by atoms with Gasteiger partial charge in [0, 0.05) is 22.5 Å². The maximum atomic E-state index is 13.1. The molecule has 0 aromatic heterocycles. The average molecular weight is 633 g/mol. The predicted octanol–water partition coefficient (Wildman–Crippen LogP) is 8.50. The van der Waals surface area contributed by atoms with Crippen molar-refractivity contribution in [3.8, 4) is 5.75 Å². The van der Waals surface area contributed by atoms with E-state index >= 15 is 0 Å². The van der Waals surface area contributed by atoms with Crippen molar-refractivity contribution in [2.75, 3.05) is 27.7 Å². The molecule has 0 spiro atoms. The summed E-state index contributed by atoms with van der Waals surface area (Å²) in [5.74, 6) is 0.335. The fourth-order valence-corrected chi connectivity index (χ4v) is 6.68. The molecule has 0 heterocycles. The molecule has 0 saturated heterocycles. The highest BCUT2D eigenvalue weighted by Gasteiger charge is 2.43. The predicted molar refractivity (Wildman–Crippen MR) is 165 cm³/mol. The van der Waals surface area contributed by atoms with E-state index in [1.54, 1.807) is 7.11 Å².